The van der Waals surface area contributed by atoms with Crippen molar-refractivity contribution in [2.24, 2.45) is 5.92 Å². The van der Waals surface area contributed by atoms with E-state index in [0.717, 1.165) is 24.0 Å². The fourth-order valence-corrected chi connectivity index (χ4v) is 1.63. The SMILES string of the molecule is COc1ccc(C(C=O)CC(C)C)cc1. The molecule has 2 nitrogen and oxygen atoms in total. The van der Waals surface area contributed by atoms with E-state index in [1.807, 2.05) is 24.3 Å². The Hall–Kier alpha value is -1.31. The molecule has 0 radical (unpaired) electrons. The van der Waals surface area contributed by atoms with Crippen LogP contribution in [0.1, 0.15) is 31.7 Å². The average molecular weight is 206 g/mol. The molecule has 1 rings (SSSR count). The summed E-state index contributed by atoms with van der Waals surface area (Å²) in [6, 6.07) is 7.71. The van der Waals surface area contributed by atoms with Gasteiger partial charge in [-0.3, -0.25) is 0 Å². The molecule has 0 spiro atoms. The number of hydrogen-bond donors (Lipinski definition) is 0. The summed E-state index contributed by atoms with van der Waals surface area (Å²) >= 11 is 0. The van der Waals surface area contributed by atoms with Gasteiger partial charge in [0.25, 0.3) is 0 Å². The zero-order valence-corrected chi connectivity index (χ0v) is 9.57. The molecular formula is C13H18O2. The van der Waals surface area contributed by atoms with Crippen LogP contribution in [0.5, 0.6) is 5.75 Å². The summed E-state index contributed by atoms with van der Waals surface area (Å²) in [5.41, 5.74) is 1.07. The van der Waals surface area contributed by atoms with Gasteiger partial charge in [-0.05, 0) is 30.0 Å². The van der Waals surface area contributed by atoms with Crippen molar-refractivity contribution >= 4 is 6.29 Å². The van der Waals surface area contributed by atoms with Crippen molar-refractivity contribution in [2.45, 2.75) is 26.2 Å². The van der Waals surface area contributed by atoms with E-state index in [0.29, 0.717) is 5.92 Å². The fraction of sp³-hybridized carbons (Fsp3) is 0.462. The Morgan fingerprint density at radius 3 is 2.27 bits per heavy atom. The molecule has 2 heteroatoms. The number of carbonyl (C=O) groups is 1. The summed E-state index contributed by atoms with van der Waals surface area (Å²) in [4.78, 5) is 11.0. The molecule has 0 heterocycles. The molecule has 82 valence electrons. The van der Waals surface area contributed by atoms with Crippen LogP contribution in [0, 0.1) is 5.92 Å². The zero-order valence-electron chi connectivity index (χ0n) is 9.57. The summed E-state index contributed by atoms with van der Waals surface area (Å²) in [6.07, 6.45) is 1.93. The van der Waals surface area contributed by atoms with Crippen molar-refractivity contribution in [3.05, 3.63) is 29.8 Å². The van der Waals surface area contributed by atoms with Gasteiger partial charge in [0.2, 0.25) is 0 Å². The second kappa shape index (κ2) is 5.54. The molecular weight excluding hydrogens is 188 g/mol. The van der Waals surface area contributed by atoms with Crippen molar-refractivity contribution < 1.29 is 9.53 Å². The summed E-state index contributed by atoms with van der Waals surface area (Å²) in [5, 5.41) is 0. The first-order valence-electron chi connectivity index (χ1n) is 5.26. The summed E-state index contributed by atoms with van der Waals surface area (Å²) in [6.45, 7) is 4.25. The van der Waals surface area contributed by atoms with Gasteiger partial charge in [-0.25, -0.2) is 0 Å². The maximum Gasteiger partial charge on any atom is 0.127 e. The first kappa shape index (κ1) is 11.8. The second-order valence-corrected chi connectivity index (χ2v) is 4.15. The summed E-state index contributed by atoms with van der Waals surface area (Å²) in [5.74, 6) is 1.37. The monoisotopic (exact) mass is 206 g/mol. The van der Waals surface area contributed by atoms with Crippen LogP contribution in [0.4, 0.5) is 0 Å². The van der Waals surface area contributed by atoms with Gasteiger partial charge in [-0.2, -0.15) is 0 Å². The van der Waals surface area contributed by atoms with Crippen LogP contribution in [0.3, 0.4) is 0 Å². The molecule has 0 aliphatic carbocycles. The van der Waals surface area contributed by atoms with Gasteiger partial charge in [0.15, 0.2) is 0 Å². The highest BCUT2D eigenvalue weighted by Crippen LogP contribution is 2.23. The van der Waals surface area contributed by atoms with Crippen molar-refractivity contribution in [1.29, 1.82) is 0 Å². The normalized spacial score (nSPS) is 12.5. The van der Waals surface area contributed by atoms with Crippen LogP contribution in [0.15, 0.2) is 24.3 Å². The Bertz CT molecular complexity index is 301. The number of carbonyl (C=O) groups excluding carboxylic acids is 1. The lowest BCUT2D eigenvalue weighted by atomic mass is 9.91. The van der Waals surface area contributed by atoms with E-state index in [1.165, 1.54) is 0 Å². The molecule has 1 unspecified atom stereocenters. The van der Waals surface area contributed by atoms with Gasteiger partial charge in [0.05, 0.1) is 7.11 Å². The highest BCUT2D eigenvalue weighted by Gasteiger charge is 2.12. The minimum atomic E-state index is 0.0101. The molecule has 1 aromatic carbocycles. The molecule has 0 fully saturated rings. The molecule has 0 aliphatic heterocycles. The molecule has 15 heavy (non-hydrogen) atoms. The van der Waals surface area contributed by atoms with E-state index in [9.17, 15) is 4.79 Å². The van der Waals surface area contributed by atoms with E-state index in [2.05, 4.69) is 13.8 Å². The number of ether oxygens (including phenoxy) is 1. The van der Waals surface area contributed by atoms with E-state index >= 15 is 0 Å². The molecule has 1 aromatic rings. The zero-order chi connectivity index (χ0) is 11.3. The van der Waals surface area contributed by atoms with Gasteiger partial charge < -0.3 is 9.53 Å². The minimum Gasteiger partial charge on any atom is -0.497 e. The maximum absolute atomic E-state index is 11.0. The highest BCUT2D eigenvalue weighted by molar-refractivity contribution is 5.62. The van der Waals surface area contributed by atoms with Crippen molar-refractivity contribution in [3.63, 3.8) is 0 Å². The number of hydrogen-bond acceptors (Lipinski definition) is 2. The number of rotatable bonds is 5. The third-order valence-corrected chi connectivity index (χ3v) is 2.43. The lowest BCUT2D eigenvalue weighted by Gasteiger charge is -2.13. The van der Waals surface area contributed by atoms with Crippen LogP contribution >= 0.6 is 0 Å². The Morgan fingerprint density at radius 2 is 1.87 bits per heavy atom. The van der Waals surface area contributed by atoms with Crippen LogP contribution in [-0.2, 0) is 4.79 Å². The molecule has 1 atom stereocenters. The molecule has 0 bridgehead atoms. The molecule has 0 saturated carbocycles. The Balaban J connectivity index is 2.78. The smallest absolute Gasteiger partial charge is 0.127 e. The fourth-order valence-electron chi connectivity index (χ4n) is 1.63. The van der Waals surface area contributed by atoms with Crippen molar-refractivity contribution in [1.82, 2.24) is 0 Å². The first-order valence-corrected chi connectivity index (χ1v) is 5.26. The topological polar surface area (TPSA) is 26.3 Å². The Morgan fingerprint density at radius 1 is 1.27 bits per heavy atom. The molecule has 0 saturated heterocycles. The Labute approximate surface area is 91.3 Å². The predicted octanol–water partition coefficient (Wildman–Crippen LogP) is 3.02. The van der Waals surface area contributed by atoms with Crippen LogP contribution < -0.4 is 4.74 Å². The van der Waals surface area contributed by atoms with Gasteiger partial charge in [0, 0.05) is 5.92 Å². The van der Waals surface area contributed by atoms with Crippen molar-refractivity contribution in [3.8, 4) is 5.75 Å². The van der Waals surface area contributed by atoms with Crippen LogP contribution in [-0.4, -0.2) is 13.4 Å². The first-order chi connectivity index (χ1) is 7.17. The predicted molar refractivity (Wildman–Crippen MR) is 61.3 cm³/mol. The maximum atomic E-state index is 11.0. The number of aldehydes is 1. The highest BCUT2D eigenvalue weighted by atomic mass is 16.5. The standard InChI is InChI=1S/C13H18O2/c1-10(2)8-12(9-14)11-4-6-13(15-3)7-5-11/h4-7,9-10,12H,8H2,1-3H3. The lowest BCUT2D eigenvalue weighted by molar-refractivity contribution is -0.109. The third-order valence-electron chi connectivity index (χ3n) is 2.43. The van der Waals surface area contributed by atoms with Gasteiger partial charge in [0.1, 0.15) is 12.0 Å². The van der Waals surface area contributed by atoms with Crippen LogP contribution in [0.25, 0.3) is 0 Å². The quantitative estimate of drug-likeness (QED) is 0.692. The average Bonchev–Trinajstić information content (AvgIpc) is 2.26. The van der Waals surface area contributed by atoms with Crippen molar-refractivity contribution in [2.75, 3.05) is 7.11 Å². The van der Waals surface area contributed by atoms with Gasteiger partial charge in [-0.15, -0.1) is 0 Å². The molecule has 0 amide bonds. The van der Waals surface area contributed by atoms with Crippen LogP contribution in [0.2, 0.25) is 0 Å². The second-order valence-electron chi connectivity index (χ2n) is 4.15. The van der Waals surface area contributed by atoms with Gasteiger partial charge >= 0.3 is 0 Å². The van der Waals surface area contributed by atoms with E-state index in [1.54, 1.807) is 7.11 Å². The van der Waals surface area contributed by atoms with E-state index in [4.69, 9.17) is 4.74 Å². The van der Waals surface area contributed by atoms with Gasteiger partial charge in [-0.1, -0.05) is 26.0 Å². The lowest BCUT2D eigenvalue weighted by Crippen LogP contribution is -2.04. The van der Waals surface area contributed by atoms with E-state index < -0.39 is 0 Å². The minimum absolute atomic E-state index is 0.0101. The Kier molecular flexibility index (Phi) is 4.35. The summed E-state index contributed by atoms with van der Waals surface area (Å²) in [7, 11) is 1.64. The largest absolute Gasteiger partial charge is 0.497 e. The number of benzene rings is 1. The third kappa shape index (κ3) is 3.39. The molecule has 0 N–H and O–H groups in total. The summed E-state index contributed by atoms with van der Waals surface area (Å²) < 4.78 is 5.08. The molecule has 0 aromatic heterocycles. The van der Waals surface area contributed by atoms with E-state index in [-0.39, 0.29) is 5.92 Å². The number of methoxy groups -OCH3 is 1. The molecule has 0 aliphatic rings.